The number of amides is 1. The summed E-state index contributed by atoms with van der Waals surface area (Å²) in [6.45, 7) is 7.33. The Morgan fingerprint density at radius 1 is 1.44 bits per heavy atom. The summed E-state index contributed by atoms with van der Waals surface area (Å²) in [5.41, 5.74) is 1.66. The summed E-state index contributed by atoms with van der Waals surface area (Å²) in [6.07, 6.45) is 1.72. The van der Waals surface area contributed by atoms with Crippen molar-refractivity contribution in [2.45, 2.75) is 13.8 Å². The molecule has 1 aliphatic heterocycles. The van der Waals surface area contributed by atoms with Crippen LogP contribution < -0.4 is 10.6 Å². The molecule has 18 heavy (non-hydrogen) atoms. The molecule has 1 fully saturated rings. The fourth-order valence-electron chi connectivity index (χ4n) is 1.89. The van der Waals surface area contributed by atoms with Crippen molar-refractivity contribution in [3.8, 4) is 0 Å². The van der Waals surface area contributed by atoms with Crippen molar-refractivity contribution in [3.05, 3.63) is 17.6 Å². The lowest BCUT2D eigenvalue weighted by Crippen LogP contribution is -2.48. The largest absolute Gasteiger partial charge is 0.359 e. The van der Waals surface area contributed by atoms with E-state index in [1.165, 1.54) is 0 Å². The number of nitrogens with zero attached hydrogens (tertiary/aromatic N) is 3. The molecule has 1 saturated heterocycles. The molecule has 0 saturated carbocycles. The van der Waals surface area contributed by atoms with Crippen LogP contribution in [0.4, 0.5) is 5.82 Å². The number of carbonyl (C=O) groups is 1. The van der Waals surface area contributed by atoms with Gasteiger partial charge in [0.1, 0.15) is 5.82 Å². The van der Waals surface area contributed by atoms with Crippen LogP contribution in [0.1, 0.15) is 11.4 Å². The maximum absolute atomic E-state index is 12.0. The lowest BCUT2D eigenvalue weighted by atomic mass is 10.3. The Balaban J connectivity index is 1.90. The van der Waals surface area contributed by atoms with Gasteiger partial charge in [0.2, 0.25) is 5.91 Å². The van der Waals surface area contributed by atoms with E-state index in [2.05, 4.69) is 20.6 Å². The van der Waals surface area contributed by atoms with Crippen LogP contribution in [0.3, 0.4) is 0 Å². The SMILES string of the molecule is Cc1cnc(C)c(NCC(=O)N2CCNCC2)n1. The van der Waals surface area contributed by atoms with Gasteiger partial charge in [0.15, 0.2) is 0 Å². The molecule has 1 aromatic rings. The smallest absolute Gasteiger partial charge is 0.242 e. The Bertz CT molecular complexity index is 428. The highest BCUT2D eigenvalue weighted by Crippen LogP contribution is 2.08. The second kappa shape index (κ2) is 5.77. The van der Waals surface area contributed by atoms with E-state index in [0.29, 0.717) is 5.82 Å². The van der Waals surface area contributed by atoms with Crippen LogP contribution in [0, 0.1) is 13.8 Å². The van der Waals surface area contributed by atoms with Crippen molar-refractivity contribution in [1.29, 1.82) is 0 Å². The van der Waals surface area contributed by atoms with Crippen molar-refractivity contribution in [3.63, 3.8) is 0 Å². The molecule has 1 aliphatic rings. The summed E-state index contributed by atoms with van der Waals surface area (Å²) >= 11 is 0. The Labute approximate surface area is 107 Å². The first-order chi connectivity index (χ1) is 8.66. The van der Waals surface area contributed by atoms with Gasteiger partial charge in [-0.3, -0.25) is 9.78 Å². The Morgan fingerprint density at radius 2 is 2.17 bits per heavy atom. The Kier molecular flexibility index (Phi) is 4.09. The second-order valence-electron chi connectivity index (χ2n) is 4.43. The molecular weight excluding hydrogens is 230 g/mol. The summed E-state index contributed by atoms with van der Waals surface area (Å²) in [5.74, 6) is 0.803. The van der Waals surface area contributed by atoms with E-state index < -0.39 is 0 Å². The van der Waals surface area contributed by atoms with Crippen LogP contribution >= 0.6 is 0 Å². The molecule has 6 heteroatoms. The van der Waals surface area contributed by atoms with E-state index in [4.69, 9.17) is 0 Å². The molecule has 2 rings (SSSR count). The molecule has 1 amide bonds. The lowest BCUT2D eigenvalue weighted by Gasteiger charge is -2.27. The molecule has 2 N–H and O–H groups in total. The highest BCUT2D eigenvalue weighted by Gasteiger charge is 2.16. The minimum Gasteiger partial charge on any atom is -0.359 e. The summed E-state index contributed by atoms with van der Waals surface area (Å²) < 4.78 is 0. The molecule has 0 aromatic carbocycles. The van der Waals surface area contributed by atoms with Crippen LogP contribution in [0.2, 0.25) is 0 Å². The number of rotatable bonds is 3. The molecule has 0 unspecified atom stereocenters. The van der Waals surface area contributed by atoms with E-state index in [9.17, 15) is 4.79 Å². The molecule has 0 aliphatic carbocycles. The molecular formula is C12H19N5O. The van der Waals surface area contributed by atoms with Crippen LogP contribution in [0.5, 0.6) is 0 Å². The normalized spacial score (nSPS) is 15.6. The topological polar surface area (TPSA) is 70.2 Å². The fraction of sp³-hybridized carbons (Fsp3) is 0.583. The third-order valence-electron chi connectivity index (χ3n) is 2.95. The zero-order chi connectivity index (χ0) is 13.0. The van der Waals surface area contributed by atoms with Gasteiger partial charge in [-0.15, -0.1) is 0 Å². The highest BCUT2D eigenvalue weighted by atomic mass is 16.2. The van der Waals surface area contributed by atoms with Crippen molar-refractivity contribution in [1.82, 2.24) is 20.2 Å². The van der Waals surface area contributed by atoms with Gasteiger partial charge in [-0.2, -0.15) is 0 Å². The molecule has 0 radical (unpaired) electrons. The highest BCUT2D eigenvalue weighted by molar-refractivity contribution is 5.80. The number of hydrogen-bond acceptors (Lipinski definition) is 5. The number of piperazine rings is 1. The number of aromatic nitrogens is 2. The molecule has 6 nitrogen and oxygen atoms in total. The number of carbonyl (C=O) groups excluding carboxylic acids is 1. The number of hydrogen-bond donors (Lipinski definition) is 2. The van der Waals surface area contributed by atoms with Gasteiger partial charge in [0.25, 0.3) is 0 Å². The average molecular weight is 249 g/mol. The lowest BCUT2D eigenvalue weighted by molar-refractivity contribution is -0.129. The predicted octanol–water partition coefficient (Wildman–Crippen LogP) is -0.0629. The summed E-state index contributed by atoms with van der Waals surface area (Å²) in [4.78, 5) is 22.4. The van der Waals surface area contributed by atoms with E-state index in [1.807, 2.05) is 18.7 Å². The fourth-order valence-corrected chi connectivity index (χ4v) is 1.89. The molecule has 0 atom stereocenters. The minimum atomic E-state index is 0.110. The monoisotopic (exact) mass is 249 g/mol. The third-order valence-corrected chi connectivity index (χ3v) is 2.95. The van der Waals surface area contributed by atoms with Gasteiger partial charge in [-0.1, -0.05) is 0 Å². The molecule has 0 spiro atoms. The second-order valence-corrected chi connectivity index (χ2v) is 4.43. The molecule has 1 aromatic heterocycles. The predicted molar refractivity (Wildman–Crippen MR) is 69.4 cm³/mol. The first-order valence-corrected chi connectivity index (χ1v) is 6.19. The van der Waals surface area contributed by atoms with Crippen molar-refractivity contribution < 1.29 is 4.79 Å². The van der Waals surface area contributed by atoms with Crippen LogP contribution in [-0.4, -0.2) is 53.5 Å². The summed E-state index contributed by atoms with van der Waals surface area (Å²) in [6, 6.07) is 0. The van der Waals surface area contributed by atoms with Crippen molar-refractivity contribution in [2.75, 3.05) is 38.0 Å². The number of aryl methyl sites for hydroxylation is 2. The van der Waals surface area contributed by atoms with Crippen LogP contribution in [-0.2, 0) is 4.79 Å². The maximum Gasteiger partial charge on any atom is 0.242 e. The van der Waals surface area contributed by atoms with E-state index in [0.717, 1.165) is 37.6 Å². The van der Waals surface area contributed by atoms with Gasteiger partial charge in [-0.05, 0) is 13.8 Å². The average Bonchev–Trinajstić information content (AvgIpc) is 2.40. The first kappa shape index (κ1) is 12.8. The Morgan fingerprint density at radius 3 is 2.89 bits per heavy atom. The van der Waals surface area contributed by atoms with Gasteiger partial charge in [0, 0.05) is 32.4 Å². The first-order valence-electron chi connectivity index (χ1n) is 6.19. The summed E-state index contributed by atoms with van der Waals surface area (Å²) in [5, 5.41) is 6.29. The third kappa shape index (κ3) is 3.16. The minimum absolute atomic E-state index is 0.110. The number of anilines is 1. The molecule has 0 bridgehead atoms. The molecule has 2 heterocycles. The quantitative estimate of drug-likeness (QED) is 0.785. The van der Waals surface area contributed by atoms with Crippen molar-refractivity contribution >= 4 is 11.7 Å². The summed E-state index contributed by atoms with van der Waals surface area (Å²) in [7, 11) is 0. The van der Waals surface area contributed by atoms with Gasteiger partial charge in [0.05, 0.1) is 17.9 Å². The van der Waals surface area contributed by atoms with Gasteiger partial charge < -0.3 is 15.5 Å². The zero-order valence-corrected chi connectivity index (χ0v) is 10.9. The zero-order valence-electron chi connectivity index (χ0n) is 10.9. The van der Waals surface area contributed by atoms with E-state index in [-0.39, 0.29) is 12.5 Å². The van der Waals surface area contributed by atoms with E-state index >= 15 is 0 Å². The van der Waals surface area contributed by atoms with Gasteiger partial charge >= 0.3 is 0 Å². The van der Waals surface area contributed by atoms with Crippen LogP contribution in [0.25, 0.3) is 0 Å². The van der Waals surface area contributed by atoms with Crippen LogP contribution in [0.15, 0.2) is 6.20 Å². The number of nitrogens with one attached hydrogen (secondary N) is 2. The van der Waals surface area contributed by atoms with Crippen molar-refractivity contribution in [2.24, 2.45) is 0 Å². The van der Waals surface area contributed by atoms with Gasteiger partial charge in [-0.25, -0.2) is 4.98 Å². The Hall–Kier alpha value is -1.69. The standard InChI is InChI=1S/C12H19N5O/c1-9-7-14-10(2)12(16-9)15-8-11(18)17-5-3-13-4-6-17/h7,13H,3-6,8H2,1-2H3,(H,15,16). The maximum atomic E-state index is 12.0. The molecule has 98 valence electrons. The van der Waals surface area contributed by atoms with E-state index in [1.54, 1.807) is 6.20 Å².